The fourth-order valence-electron chi connectivity index (χ4n) is 7.91. The van der Waals surface area contributed by atoms with Gasteiger partial charge in [-0.2, -0.15) is 0 Å². The molecular weight excluding hydrogens is 695 g/mol. The highest BCUT2D eigenvalue weighted by Gasteiger charge is 2.17. The molecule has 0 aliphatic heterocycles. The van der Waals surface area contributed by atoms with E-state index in [9.17, 15) is 0 Å². The molecule has 0 bridgehead atoms. The standard InChI is InChI=1S/C54H37NS/c1-4-14-38(15-5-1)40-26-31-45(32-27-40)55(47-21-12-20-43(36-47)39-16-6-2-7-17-39)46-33-28-41(29-34-46)44-30-35-48(42-18-8-3-9-19-42)52(37-44)51-24-13-23-50-49-22-10-11-25-53(49)56-54(50)51/h1-37H. The molecular formula is C54H37NS. The molecule has 2 heteroatoms. The molecule has 0 fully saturated rings. The Morgan fingerprint density at radius 3 is 1.43 bits per heavy atom. The van der Waals surface area contributed by atoms with Gasteiger partial charge < -0.3 is 4.90 Å². The van der Waals surface area contributed by atoms with Crippen molar-refractivity contribution in [1.29, 1.82) is 0 Å². The molecule has 0 radical (unpaired) electrons. The predicted molar refractivity (Wildman–Crippen MR) is 241 cm³/mol. The second kappa shape index (κ2) is 14.7. The second-order valence-corrected chi connectivity index (χ2v) is 15.2. The van der Waals surface area contributed by atoms with Crippen molar-refractivity contribution in [2.45, 2.75) is 0 Å². The summed E-state index contributed by atoms with van der Waals surface area (Å²) in [4.78, 5) is 2.36. The van der Waals surface area contributed by atoms with E-state index in [1.807, 2.05) is 11.3 Å². The molecule has 0 atom stereocenters. The van der Waals surface area contributed by atoms with Crippen LogP contribution in [0.4, 0.5) is 17.1 Å². The van der Waals surface area contributed by atoms with E-state index in [4.69, 9.17) is 0 Å². The van der Waals surface area contributed by atoms with Gasteiger partial charge in [-0.05, 0) is 98.6 Å². The molecule has 0 amide bonds. The van der Waals surface area contributed by atoms with E-state index in [-0.39, 0.29) is 0 Å². The summed E-state index contributed by atoms with van der Waals surface area (Å²) in [6.45, 7) is 0. The van der Waals surface area contributed by atoms with Crippen LogP contribution >= 0.6 is 11.3 Å². The van der Waals surface area contributed by atoms with Crippen LogP contribution in [0.25, 0.3) is 75.8 Å². The van der Waals surface area contributed by atoms with E-state index in [2.05, 4.69) is 229 Å². The molecule has 1 nitrogen and oxygen atoms in total. The Hall–Kier alpha value is -7.00. The molecule has 0 saturated carbocycles. The van der Waals surface area contributed by atoms with Crippen LogP contribution in [0.3, 0.4) is 0 Å². The van der Waals surface area contributed by atoms with E-state index in [1.165, 1.54) is 75.8 Å². The Bertz CT molecular complexity index is 2930. The summed E-state index contributed by atoms with van der Waals surface area (Å²) in [5.74, 6) is 0. The highest BCUT2D eigenvalue weighted by atomic mass is 32.1. The van der Waals surface area contributed by atoms with Crippen molar-refractivity contribution in [3.63, 3.8) is 0 Å². The molecule has 0 N–H and O–H groups in total. The Morgan fingerprint density at radius 2 is 0.750 bits per heavy atom. The van der Waals surface area contributed by atoms with E-state index in [0.29, 0.717) is 0 Å². The van der Waals surface area contributed by atoms with Crippen molar-refractivity contribution in [1.82, 2.24) is 0 Å². The number of fused-ring (bicyclic) bond motifs is 3. The van der Waals surface area contributed by atoms with Crippen LogP contribution in [0.15, 0.2) is 224 Å². The number of rotatable bonds is 8. The maximum absolute atomic E-state index is 2.39. The summed E-state index contributed by atoms with van der Waals surface area (Å²) in [5.41, 5.74) is 15.4. The second-order valence-electron chi connectivity index (χ2n) is 14.1. The highest BCUT2D eigenvalue weighted by molar-refractivity contribution is 7.26. The van der Waals surface area contributed by atoms with Crippen molar-refractivity contribution in [3.05, 3.63) is 224 Å². The molecule has 0 saturated heterocycles. The molecule has 9 aromatic carbocycles. The molecule has 0 unspecified atom stereocenters. The zero-order valence-electron chi connectivity index (χ0n) is 30.7. The minimum absolute atomic E-state index is 1.10. The summed E-state index contributed by atoms with van der Waals surface area (Å²) in [5, 5.41) is 2.63. The molecule has 1 aromatic heterocycles. The first-order valence-electron chi connectivity index (χ1n) is 19.1. The molecule has 0 aliphatic carbocycles. The van der Waals surface area contributed by atoms with Gasteiger partial charge in [-0.3, -0.25) is 0 Å². The molecule has 10 aromatic rings. The van der Waals surface area contributed by atoms with Gasteiger partial charge in [-0.1, -0.05) is 176 Å². The average Bonchev–Trinajstić information content (AvgIpc) is 3.67. The smallest absolute Gasteiger partial charge is 0.0467 e. The number of benzene rings is 9. The van der Waals surface area contributed by atoms with Crippen LogP contribution in [0.5, 0.6) is 0 Å². The minimum atomic E-state index is 1.10. The van der Waals surface area contributed by atoms with Crippen LogP contribution in [0.1, 0.15) is 0 Å². The molecule has 0 spiro atoms. The third-order valence-corrected chi connectivity index (χ3v) is 11.9. The van der Waals surface area contributed by atoms with E-state index in [1.54, 1.807) is 0 Å². The maximum atomic E-state index is 2.39. The van der Waals surface area contributed by atoms with Crippen LogP contribution in [0.2, 0.25) is 0 Å². The van der Waals surface area contributed by atoms with Crippen molar-refractivity contribution >= 4 is 48.6 Å². The molecule has 0 aliphatic rings. The molecule has 56 heavy (non-hydrogen) atoms. The SMILES string of the molecule is c1ccc(-c2ccc(N(c3ccc(-c4ccc(-c5ccccc5)c(-c5cccc6c5sc5ccccc56)c4)cc3)c3cccc(-c4ccccc4)c3)cc2)cc1. The number of anilines is 3. The van der Waals surface area contributed by atoms with Gasteiger partial charge in [0.05, 0.1) is 0 Å². The number of hydrogen-bond donors (Lipinski definition) is 0. The summed E-state index contributed by atoms with van der Waals surface area (Å²) >= 11 is 1.88. The topological polar surface area (TPSA) is 3.24 Å². The first-order chi connectivity index (χ1) is 27.8. The van der Waals surface area contributed by atoms with E-state index in [0.717, 1.165) is 17.1 Å². The van der Waals surface area contributed by atoms with Gasteiger partial charge in [0, 0.05) is 42.8 Å². The zero-order chi connectivity index (χ0) is 37.3. The van der Waals surface area contributed by atoms with Gasteiger partial charge >= 0.3 is 0 Å². The minimum Gasteiger partial charge on any atom is -0.310 e. The third-order valence-electron chi connectivity index (χ3n) is 10.7. The van der Waals surface area contributed by atoms with Crippen LogP contribution in [-0.2, 0) is 0 Å². The third kappa shape index (κ3) is 6.36. The van der Waals surface area contributed by atoms with Gasteiger partial charge in [0.25, 0.3) is 0 Å². The van der Waals surface area contributed by atoms with Crippen molar-refractivity contribution < 1.29 is 0 Å². The maximum Gasteiger partial charge on any atom is 0.0467 e. The van der Waals surface area contributed by atoms with Gasteiger partial charge in [0.2, 0.25) is 0 Å². The summed E-state index contributed by atoms with van der Waals surface area (Å²) in [7, 11) is 0. The summed E-state index contributed by atoms with van der Waals surface area (Å²) in [6, 6.07) is 81.2. The molecule has 1 heterocycles. The Kier molecular flexibility index (Phi) is 8.79. The zero-order valence-corrected chi connectivity index (χ0v) is 31.5. The lowest BCUT2D eigenvalue weighted by Crippen LogP contribution is -2.10. The number of thiophene rings is 1. The van der Waals surface area contributed by atoms with E-state index < -0.39 is 0 Å². The van der Waals surface area contributed by atoms with Crippen LogP contribution < -0.4 is 4.90 Å². The van der Waals surface area contributed by atoms with E-state index >= 15 is 0 Å². The fourth-order valence-corrected chi connectivity index (χ4v) is 9.14. The Morgan fingerprint density at radius 1 is 0.268 bits per heavy atom. The quantitative estimate of drug-likeness (QED) is 0.150. The lowest BCUT2D eigenvalue weighted by atomic mass is 9.90. The monoisotopic (exact) mass is 731 g/mol. The first-order valence-corrected chi connectivity index (χ1v) is 19.9. The molecule has 10 rings (SSSR count). The average molecular weight is 732 g/mol. The van der Waals surface area contributed by atoms with Crippen molar-refractivity contribution in [2.24, 2.45) is 0 Å². The largest absolute Gasteiger partial charge is 0.310 e. The van der Waals surface area contributed by atoms with Gasteiger partial charge in [-0.15, -0.1) is 11.3 Å². The fraction of sp³-hybridized carbons (Fsp3) is 0. The highest BCUT2D eigenvalue weighted by Crippen LogP contribution is 2.44. The predicted octanol–water partition coefficient (Wildman–Crippen LogP) is 15.9. The Labute approximate surface area is 332 Å². The lowest BCUT2D eigenvalue weighted by Gasteiger charge is -2.26. The van der Waals surface area contributed by atoms with Crippen LogP contribution in [0, 0.1) is 0 Å². The van der Waals surface area contributed by atoms with Gasteiger partial charge in [0.15, 0.2) is 0 Å². The lowest BCUT2D eigenvalue weighted by molar-refractivity contribution is 1.28. The normalized spacial score (nSPS) is 11.2. The van der Waals surface area contributed by atoms with Gasteiger partial charge in [-0.25, -0.2) is 0 Å². The Balaban J connectivity index is 1.07. The van der Waals surface area contributed by atoms with Crippen molar-refractivity contribution in [2.75, 3.05) is 4.90 Å². The van der Waals surface area contributed by atoms with Crippen molar-refractivity contribution in [3.8, 4) is 55.6 Å². The number of nitrogens with zero attached hydrogens (tertiary/aromatic N) is 1. The van der Waals surface area contributed by atoms with Gasteiger partial charge in [0.1, 0.15) is 0 Å². The first kappa shape index (κ1) is 33.6. The van der Waals surface area contributed by atoms with Crippen LogP contribution in [-0.4, -0.2) is 0 Å². The summed E-state index contributed by atoms with van der Waals surface area (Å²) < 4.78 is 2.64. The summed E-state index contributed by atoms with van der Waals surface area (Å²) in [6.07, 6.45) is 0. The molecule has 264 valence electrons. The number of hydrogen-bond acceptors (Lipinski definition) is 2.